The topological polar surface area (TPSA) is 39.4 Å². The van der Waals surface area contributed by atoms with Crippen LogP contribution in [0.3, 0.4) is 0 Å². The normalized spacial score (nSPS) is 10.8. The van der Waals surface area contributed by atoms with Crippen molar-refractivity contribution in [2.24, 2.45) is 0 Å². The highest BCUT2D eigenvalue weighted by Gasteiger charge is 1.97. The summed E-state index contributed by atoms with van der Waals surface area (Å²) >= 11 is 3.22. The summed E-state index contributed by atoms with van der Waals surface area (Å²) in [6.07, 6.45) is 5.97. The van der Waals surface area contributed by atoms with Gasteiger partial charge < -0.3 is 9.15 Å². The van der Waals surface area contributed by atoms with E-state index >= 15 is 0 Å². The summed E-state index contributed by atoms with van der Waals surface area (Å²) in [4.78, 5) is 10.8. The summed E-state index contributed by atoms with van der Waals surface area (Å²) in [6.45, 7) is 0. The Bertz CT molecular complexity index is 341. The fourth-order valence-electron chi connectivity index (χ4n) is 1.08. The largest absolute Gasteiger partial charge is 0.469 e. The molecule has 0 aliphatic rings. The molecule has 82 valence electrons. The molecule has 15 heavy (non-hydrogen) atoms. The van der Waals surface area contributed by atoms with Crippen molar-refractivity contribution in [1.29, 1.82) is 0 Å². The van der Waals surface area contributed by atoms with Crippen molar-refractivity contribution in [2.75, 3.05) is 7.11 Å². The Kier molecular flexibility index (Phi) is 5.18. The summed E-state index contributed by atoms with van der Waals surface area (Å²) in [5.41, 5.74) is 0. The van der Waals surface area contributed by atoms with Gasteiger partial charge in [0.1, 0.15) is 5.76 Å². The van der Waals surface area contributed by atoms with Gasteiger partial charge in [-0.1, -0.05) is 6.08 Å². The number of carbonyl (C=O) groups excluding carboxylic acids is 1. The van der Waals surface area contributed by atoms with E-state index in [1.54, 1.807) is 0 Å². The lowest BCUT2D eigenvalue weighted by Gasteiger charge is -1.95. The quantitative estimate of drug-likeness (QED) is 0.609. The first-order valence-corrected chi connectivity index (χ1v) is 5.50. The standard InChI is InChI=1S/C11H13BrO3/c1-14-11(13)6-4-2-3-5-9-7-8-10(12)15-9/h3,5,7-8H,2,4,6H2,1H3. The van der Waals surface area contributed by atoms with Gasteiger partial charge in [-0.25, -0.2) is 0 Å². The minimum Gasteiger partial charge on any atom is -0.469 e. The van der Waals surface area contributed by atoms with Crippen LogP contribution < -0.4 is 0 Å². The van der Waals surface area contributed by atoms with Crippen LogP contribution >= 0.6 is 15.9 Å². The van der Waals surface area contributed by atoms with Gasteiger partial charge in [0.05, 0.1) is 7.11 Å². The Hall–Kier alpha value is -1.03. The number of hydrogen-bond acceptors (Lipinski definition) is 3. The van der Waals surface area contributed by atoms with E-state index in [1.807, 2.05) is 24.3 Å². The van der Waals surface area contributed by atoms with Gasteiger partial charge in [0, 0.05) is 6.42 Å². The van der Waals surface area contributed by atoms with Gasteiger partial charge in [-0.2, -0.15) is 0 Å². The number of furan rings is 1. The molecule has 0 unspecified atom stereocenters. The average Bonchev–Trinajstić information content (AvgIpc) is 2.63. The fraction of sp³-hybridized carbons (Fsp3) is 0.364. The van der Waals surface area contributed by atoms with Crippen LogP contribution in [0, 0.1) is 0 Å². The lowest BCUT2D eigenvalue weighted by molar-refractivity contribution is -0.140. The van der Waals surface area contributed by atoms with Crippen LogP contribution in [0.25, 0.3) is 6.08 Å². The molecule has 0 saturated heterocycles. The van der Waals surface area contributed by atoms with Crippen molar-refractivity contribution < 1.29 is 13.9 Å². The number of ether oxygens (including phenoxy) is 1. The van der Waals surface area contributed by atoms with E-state index in [0.717, 1.165) is 23.3 Å². The molecule has 0 aliphatic heterocycles. The van der Waals surface area contributed by atoms with E-state index in [0.29, 0.717) is 6.42 Å². The highest BCUT2D eigenvalue weighted by molar-refractivity contribution is 9.10. The van der Waals surface area contributed by atoms with Crippen molar-refractivity contribution >= 4 is 28.0 Å². The maximum Gasteiger partial charge on any atom is 0.305 e. The number of halogens is 1. The number of hydrogen-bond donors (Lipinski definition) is 0. The van der Waals surface area contributed by atoms with Crippen molar-refractivity contribution in [1.82, 2.24) is 0 Å². The van der Waals surface area contributed by atoms with Crippen LogP contribution in [-0.4, -0.2) is 13.1 Å². The Morgan fingerprint density at radius 3 is 3.00 bits per heavy atom. The minimum absolute atomic E-state index is 0.163. The predicted octanol–water partition coefficient (Wildman–Crippen LogP) is 3.40. The molecular weight excluding hydrogens is 260 g/mol. The number of allylic oxidation sites excluding steroid dienone is 1. The Balaban J connectivity index is 2.20. The van der Waals surface area contributed by atoms with E-state index < -0.39 is 0 Å². The summed E-state index contributed by atoms with van der Waals surface area (Å²) in [5.74, 6) is 0.643. The molecule has 1 aromatic heterocycles. The van der Waals surface area contributed by atoms with Gasteiger partial charge in [-0.3, -0.25) is 4.79 Å². The summed E-state index contributed by atoms with van der Waals surface area (Å²) in [5, 5.41) is 0. The zero-order valence-corrected chi connectivity index (χ0v) is 10.1. The molecule has 0 fully saturated rings. The van der Waals surface area contributed by atoms with Crippen molar-refractivity contribution in [3.05, 3.63) is 28.6 Å². The van der Waals surface area contributed by atoms with Crippen molar-refractivity contribution in [2.45, 2.75) is 19.3 Å². The van der Waals surface area contributed by atoms with Gasteiger partial charge in [0.2, 0.25) is 0 Å². The molecular formula is C11H13BrO3. The Morgan fingerprint density at radius 2 is 2.40 bits per heavy atom. The molecule has 3 nitrogen and oxygen atoms in total. The molecule has 1 aromatic rings. The summed E-state index contributed by atoms with van der Waals surface area (Å²) in [6, 6.07) is 3.72. The molecule has 0 spiro atoms. The molecule has 0 N–H and O–H groups in total. The lowest BCUT2D eigenvalue weighted by atomic mass is 10.2. The molecule has 1 heterocycles. The van der Waals surface area contributed by atoms with Crippen LogP contribution in [0.2, 0.25) is 0 Å². The molecule has 0 atom stereocenters. The molecule has 0 amide bonds. The van der Waals surface area contributed by atoms with Gasteiger partial charge in [0.25, 0.3) is 0 Å². The van der Waals surface area contributed by atoms with Crippen LogP contribution in [0.1, 0.15) is 25.0 Å². The first-order chi connectivity index (χ1) is 7.22. The molecule has 0 bridgehead atoms. The molecule has 0 radical (unpaired) electrons. The molecule has 4 heteroatoms. The zero-order chi connectivity index (χ0) is 11.1. The minimum atomic E-state index is -0.163. The van der Waals surface area contributed by atoms with Crippen molar-refractivity contribution in [3.8, 4) is 0 Å². The highest BCUT2D eigenvalue weighted by Crippen LogP contribution is 2.15. The molecule has 0 aromatic carbocycles. The van der Waals surface area contributed by atoms with E-state index in [9.17, 15) is 4.79 Å². The van der Waals surface area contributed by atoms with Crippen LogP contribution in [0.5, 0.6) is 0 Å². The van der Waals surface area contributed by atoms with Gasteiger partial charge in [0.15, 0.2) is 4.67 Å². The fourth-order valence-corrected chi connectivity index (χ4v) is 1.40. The smallest absolute Gasteiger partial charge is 0.305 e. The van der Waals surface area contributed by atoms with Crippen LogP contribution in [0.4, 0.5) is 0 Å². The second kappa shape index (κ2) is 6.45. The highest BCUT2D eigenvalue weighted by atomic mass is 79.9. The SMILES string of the molecule is COC(=O)CCCC=Cc1ccc(Br)o1. The van der Waals surface area contributed by atoms with Crippen LogP contribution in [0.15, 0.2) is 27.3 Å². The molecule has 0 aliphatic carbocycles. The number of esters is 1. The van der Waals surface area contributed by atoms with Crippen molar-refractivity contribution in [3.63, 3.8) is 0 Å². The zero-order valence-electron chi connectivity index (χ0n) is 8.53. The third-order valence-electron chi connectivity index (χ3n) is 1.86. The van der Waals surface area contributed by atoms with E-state index in [2.05, 4.69) is 20.7 Å². The average molecular weight is 273 g/mol. The lowest BCUT2D eigenvalue weighted by Crippen LogP contribution is -1.98. The first-order valence-electron chi connectivity index (χ1n) is 4.71. The van der Waals surface area contributed by atoms with Gasteiger partial charge in [-0.15, -0.1) is 0 Å². The van der Waals surface area contributed by atoms with E-state index in [-0.39, 0.29) is 5.97 Å². The third-order valence-corrected chi connectivity index (χ3v) is 2.28. The number of rotatable bonds is 5. The Morgan fingerprint density at radius 1 is 1.60 bits per heavy atom. The maximum absolute atomic E-state index is 10.8. The van der Waals surface area contributed by atoms with Crippen LogP contribution in [-0.2, 0) is 9.53 Å². The van der Waals surface area contributed by atoms with Gasteiger partial charge >= 0.3 is 5.97 Å². The maximum atomic E-state index is 10.8. The summed E-state index contributed by atoms with van der Waals surface area (Å²) < 4.78 is 10.5. The molecule has 0 saturated carbocycles. The first kappa shape index (κ1) is 12.0. The second-order valence-electron chi connectivity index (χ2n) is 3.01. The second-order valence-corrected chi connectivity index (χ2v) is 3.79. The van der Waals surface area contributed by atoms with E-state index in [1.165, 1.54) is 7.11 Å². The van der Waals surface area contributed by atoms with E-state index in [4.69, 9.17) is 4.42 Å². The monoisotopic (exact) mass is 272 g/mol. The predicted molar refractivity (Wildman–Crippen MR) is 61.3 cm³/mol. The Labute approximate surface area is 97.2 Å². The third kappa shape index (κ3) is 4.83. The van der Waals surface area contributed by atoms with Gasteiger partial charge in [-0.05, 0) is 47.0 Å². The number of carbonyl (C=O) groups is 1. The summed E-state index contributed by atoms with van der Waals surface area (Å²) in [7, 11) is 1.40. The molecule has 1 rings (SSSR count). The number of unbranched alkanes of at least 4 members (excludes halogenated alkanes) is 1. The number of methoxy groups -OCH3 is 1.